The fourth-order valence-electron chi connectivity index (χ4n) is 17.5. The van der Waals surface area contributed by atoms with Gasteiger partial charge in [-0.05, 0) is 208 Å². The molecule has 0 amide bonds. The normalized spacial score (nSPS) is 46.1. The third-order valence-corrected chi connectivity index (χ3v) is 21.1. The largest absolute Gasteiger partial charge is 0.393 e. The van der Waals surface area contributed by atoms with E-state index in [1.54, 1.807) is 11.1 Å². The quantitative estimate of drug-likeness (QED) is 0.216. The Kier molecular flexibility index (Phi) is 13.8. The smallest absolute Gasteiger partial charge is 0.0577 e. The fraction of sp³-hybridized carbons (Fsp3) is 0.893. The Labute approximate surface area is 359 Å². The summed E-state index contributed by atoms with van der Waals surface area (Å²) in [7, 11) is 0. The van der Waals surface area contributed by atoms with Crippen molar-refractivity contribution in [3.05, 3.63) is 35.5 Å². The summed E-state index contributed by atoms with van der Waals surface area (Å²) in [6.45, 7) is 27.4. The molecule has 8 aliphatic rings. The molecule has 6 fully saturated rings. The maximum Gasteiger partial charge on any atom is 0.0577 e. The Balaban J connectivity index is 0.000000177. The highest BCUT2D eigenvalue weighted by atomic mass is 16.3. The zero-order valence-electron chi connectivity index (χ0n) is 40.0. The average molecular weight is 799 g/mol. The molecule has 8 rings (SSSR count). The minimum absolute atomic E-state index is 0.0766. The molecule has 17 atom stereocenters. The number of aliphatic hydroxyl groups is 2. The average Bonchev–Trinajstić information content (AvgIpc) is 3.72. The number of fused-ring (bicyclic) bond motifs is 10. The lowest BCUT2D eigenvalue weighted by Crippen LogP contribution is -2.50. The molecule has 58 heavy (non-hydrogen) atoms. The zero-order valence-corrected chi connectivity index (χ0v) is 40.0. The van der Waals surface area contributed by atoms with Crippen molar-refractivity contribution in [3.63, 3.8) is 0 Å². The highest BCUT2D eigenvalue weighted by Gasteiger charge is 2.60. The lowest BCUT2D eigenvalue weighted by Gasteiger charge is -2.58. The SMILES string of the molecule is CC(C)CCC[C@@H](C)[C@H]1CC[C@H]2[C@@H]3CC=C4C[C@@H](O)CC[C@]4(C)[C@H]3CC[C@]12C.CC[C@H](/C=C/[C@@H](C)[C@H]1CC[C@H]2[C@@H]3CC=C4C[C@@H](O)CC[C@]4(C)[C@H]3CC[C@]12C)C(C)C. The fourth-order valence-corrected chi connectivity index (χ4v) is 17.5. The van der Waals surface area contributed by atoms with Crippen LogP contribution in [-0.4, -0.2) is 22.4 Å². The summed E-state index contributed by atoms with van der Waals surface area (Å²) in [5.74, 6) is 11.2. The lowest BCUT2D eigenvalue weighted by atomic mass is 9.47. The minimum atomic E-state index is -0.0870. The Morgan fingerprint density at radius 1 is 0.603 bits per heavy atom. The first-order chi connectivity index (χ1) is 27.5. The second kappa shape index (κ2) is 17.7. The number of hydrogen-bond donors (Lipinski definition) is 2. The van der Waals surface area contributed by atoms with Crippen LogP contribution < -0.4 is 0 Å². The van der Waals surface area contributed by atoms with Gasteiger partial charge in [0.2, 0.25) is 0 Å². The first-order valence-electron chi connectivity index (χ1n) is 25.9. The van der Waals surface area contributed by atoms with Crippen LogP contribution in [0, 0.1) is 98.6 Å². The van der Waals surface area contributed by atoms with E-state index in [0.717, 1.165) is 96.7 Å². The highest BCUT2D eigenvalue weighted by Crippen LogP contribution is 2.69. The first-order valence-corrected chi connectivity index (χ1v) is 25.9. The van der Waals surface area contributed by atoms with Crippen LogP contribution in [0.15, 0.2) is 35.5 Å². The van der Waals surface area contributed by atoms with E-state index in [1.165, 1.54) is 103 Å². The number of hydrogen-bond acceptors (Lipinski definition) is 2. The van der Waals surface area contributed by atoms with Crippen molar-refractivity contribution >= 4 is 0 Å². The molecule has 6 saturated carbocycles. The summed E-state index contributed by atoms with van der Waals surface area (Å²) in [6, 6.07) is 0. The predicted octanol–water partition coefficient (Wildman–Crippen LogP) is 15.2. The van der Waals surface area contributed by atoms with Gasteiger partial charge >= 0.3 is 0 Å². The van der Waals surface area contributed by atoms with Crippen molar-refractivity contribution in [1.29, 1.82) is 0 Å². The van der Waals surface area contributed by atoms with Crippen LogP contribution in [0.1, 0.15) is 205 Å². The molecule has 0 aromatic carbocycles. The van der Waals surface area contributed by atoms with E-state index in [9.17, 15) is 10.2 Å². The van der Waals surface area contributed by atoms with E-state index in [-0.39, 0.29) is 12.2 Å². The molecule has 0 aliphatic heterocycles. The van der Waals surface area contributed by atoms with E-state index in [4.69, 9.17) is 0 Å². The van der Waals surface area contributed by atoms with Gasteiger partial charge in [-0.15, -0.1) is 0 Å². The van der Waals surface area contributed by atoms with E-state index >= 15 is 0 Å². The molecule has 2 heteroatoms. The molecule has 2 N–H and O–H groups in total. The van der Waals surface area contributed by atoms with E-state index in [2.05, 4.69) is 100 Å². The zero-order chi connectivity index (χ0) is 41.8. The van der Waals surface area contributed by atoms with Crippen LogP contribution >= 0.6 is 0 Å². The van der Waals surface area contributed by atoms with E-state index in [0.29, 0.717) is 27.6 Å². The van der Waals surface area contributed by atoms with Gasteiger partial charge < -0.3 is 10.2 Å². The second-order valence-corrected chi connectivity index (χ2v) is 24.6. The molecule has 0 radical (unpaired) electrons. The van der Waals surface area contributed by atoms with E-state index in [1.807, 2.05) is 0 Å². The van der Waals surface area contributed by atoms with Gasteiger partial charge in [0.1, 0.15) is 0 Å². The van der Waals surface area contributed by atoms with Gasteiger partial charge in [0.25, 0.3) is 0 Å². The van der Waals surface area contributed by atoms with Crippen molar-refractivity contribution in [3.8, 4) is 0 Å². The highest BCUT2D eigenvalue weighted by molar-refractivity contribution is 5.27. The summed E-state index contributed by atoms with van der Waals surface area (Å²) in [6.07, 6.45) is 36.2. The standard InChI is InChI=1S/C29H48O.C27H46O/c1-7-21(19(2)3)9-8-20(4)25-12-13-26-24-11-10-22-18-23(30)14-16-28(22,5)27(24)15-17-29(25,26)6;1-18(2)7-6-8-19(3)23-11-12-24-22-10-9-20-17-21(28)13-15-26(20,4)25(22)14-16-27(23,24)5/h8-10,19-21,23-27,30H,7,11-18H2,1-6H3;9,18-19,21-25,28H,6-8,10-17H2,1-5H3/b9-8+;/t20-,21-,23+,24+,25-,26+,27+,28+,29-;19-,21+,22+,23-,24+,25+,26+,27-/m11/s1. The van der Waals surface area contributed by atoms with Gasteiger partial charge in [0.05, 0.1) is 12.2 Å². The Hall–Kier alpha value is -0.860. The first kappa shape index (κ1) is 45.2. The summed E-state index contributed by atoms with van der Waals surface area (Å²) >= 11 is 0. The van der Waals surface area contributed by atoms with Crippen molar-refractivity contribution in [2.45, 2.75) is 217 Å². The molecule has 0 bridgehead atoms. The molecule has 8 aliphatic carbocycles. The summed E-state index contributed by atoms with van der Waals surface area (Å²) in [5, 5.41) is 20.4. The van der Waals surface area contributed by atoms with Crippen LogP contribution in [0.4, 0.5) is 0 Å². The third-order valence-electron chi connectivity index (χ3n) is 21.1. The molecule has 0 unspecified atom stereocenters. The van der Waals surface area contributed by atoms with Crippen LogP contribution in [0.5, 0.6) is 0 Å². The summed E-state index contributed by atoms with van der Waals surface area (Å²) in [4.78, 5) is 0. The monoisotopic (exact) mass is 799 g/mol. The Bertz CT molecular complexity index is 1480. The number of rotatable bonds is 10. The maximum atomic E-state index is 10.2. The van der Waals surface area contributed by atoms with Crippen molar-refractivity contribution in [2.75, 3.05) is 0 Å². The molecule has 0 heterocycles. The van der Waals surface area contributed by atoms with Gasteiger partial charge in [-0.3, -0.25) is 0 Å². The van der Waals surface area contributed by atoms with Crippen molar-refractivity contribution < 1.29 is 10.2 Å². The molecule has 0 saturated heterocycles. The van der Waals surface area contributed by atoms with Crippen LogP contribution in [0.25, 0.3) is 0 Å². The molecule has 0 aromatic rings. The topological polar surface area (TPSA) is 40.5 Å². The third kappa shape index (κ3) is 8.23. The molecule has 330 valence electrons. The predicted molar refractivity (Wildman–Crippen MR) is 247 cm³/mol. The van der Waals surface area contributed by atoms with Crippen LogP contribution in [0.3, 0.4) is 0 Å². The van der Waals surface area contributed by atoms with Crippen molar-refractivity contribution in [2.24, 2.45) is 98.6 Å². The van der Waals surface area contributed by atoms with Crippen LogP contribution in [-0.2, 0) is 0 Å². The summed E-state index contributed by atoms with van der Waals surface area (Å²) in [5.41, 5.74) is 5.11. The molecular weight excluding hydrogens is 705 g/mol. The van der Waals surface area contributed by atoms with E-state index < -0.39 is 0 Å². The minimum Gasteiger partial charge on any atom is -0.393 e. The molecule has 2 nitrogen and oxygen atoms in total. The van der Waals surface area contributed by atoms with Gasteiger partial charge in [-0.2, -0.15) is 0 Å². The maximum absolute atomic E-state index is 10.2. The van der Waals surface area contributed by atoms with Gasteiger partial charge in [0, 0.05) is 0 Å². The van der Waals surface area contributed by atoms with Crippen LogP contribution in [0.2, 0.25) is 0 Å². The summed E-state index contributed by atoms with van der Waals surface area (Å²) < 4.78 is 0. The van der Waals surface area contributed by atoms with Crippen molar-refractivity contribution in [1.82, 2.24) is 0 Å². The number of allylic oxidation sites excluding steroid dienone is 4. The Morgan fingerprint density at radius 2 is 1.10 bits per heavy atom. The molecule has 0 aromatic heterocycles. The molecular formula is C56H94O2. The van der Waals surface area contributed by atoms with Gasteiger partial charge in [-0.1, -0.05) is 131 Å². The lowest BCUT2D eigenvalue weighted by molar-refractivity contribution is -0.0573. The second-order valence-electron chi connectivity index (χ2n) is 24.6. The van der Waals surface area contributed by atoms with Gasteiger partial charge in [-0.25, -0.2) is 0 Å². The number of aliphatic hydroxyl groups excluding tert-OH is 2. The van der Waals surface area contributed by atoms with Gasteiger partial charge in [0.15, 0.2) is 0 Å². The Morgan fingerprint density at radius 3 is 1.59 bits per heavy atom. The molecule has 0 spiro atoms.